The molecule has 8 heteroatoms. The molecule has 2 rings (SSSR count). The zero-order valence-corrected chi connectivity index (χ0v) is 12.9. The molecule has 122 valence electrons. The van der Waals surface area contributed by atoms with Gasteiger partial charge in [0.1, 0.15) is 16.5 Å². The highest BCUT2D eigenvalue weighted by atomic mass is 32.2. The predicted octanol–water partition coefficient (Wildman–Crippen LogP) is 2.94. The molecule has 0 saturated carbocycles. The Kier molecular flexibility index (Phi) is 4.95. The van der Waals surface area contributed by atoms with E-state index in [1.807, 2.05) is 0 Å². The first-order valence-corrected chi connectivity index (χ1v) is 8.07. The smallest absolute Gasteiger partial charge is 0.338 e. The Morgan fingerprint density at radius 2 is 1.91 bits per heavy atom. The molecule has 0 heterocycles. The number of carbonyl (C=O) groups excluding carboxylic acids is 1. The first-order chi connectivity index (χ1) is 10.8. The lowest BCUT2D eigenvalue weighted by Gasteiger charge is -2.10. The van der Waals surface area contributed by atoms with Gasteiger partial charge in [0.25, 0.3) is 10.0 Å². The Bertz CT molecular complexity index is 837. The van der Waals surface area contributed by atoms with E-state index < -0.39 is 32.5 Å². The van der Waals surface area contributed by atoms with Gasteiger partial charge in [-0.3, -0.25) is 4.72 Å². The van der Waals surface area contributed by atoms with E-state index in [2.05, 4.69) is 4.72 Å². The van der Waals surface area contributed by atoms with Gasteiger partial charge in [-0.15, -0.1) is 0 Å². The second-order valence-corrected chi connectivity index (χ2v) is 6.13. The minimum absolute atomic E-state index is 0.0549. The molecule has 0 atom stereocenters. The van der Waals surface area contributed by atoms with Gasteiger partial charge in [0.15, 0.2) is 0 Å². The summed E-state index contributed by atoms with van der Waals surface area (Å²) < 4.78 is 57.7. The molecule has 0 spiro atoms. The second kappa shape index (κ2) is 6.74. The number of hydrogen-bond donors (Lipinski definition) is 1. The second-order valence-electron chi connectivity index (χ2n) is 4.48. The van der Waals surface area contributed by atoms with Crippen molar-refractivity contribution >= 4 is 21.7 Å². The summed E-state index contributed by atoms with van der Waals surface area (Å²) >= 11 is 0. The zero-order valence-electron chi connectivity index (χ0n) is 12.0. The molecule has 2 aromatic rings. The fraction of sp³-hybridized carbons (Fsp3) is 0.133. The molecule has 0 fully saturated rings. The van der Waals surface area contributed by atoms with E-state index in [9.17, 15) is 22.0 Å². The highest BCUT2D eigenvalue weighted by Crippen LogP contribution is 2.20. The molecule has 0 aromatic heterocycles. The molecule has 0 amide bonds. The standard InChI is InChI=1S/C15H13F2NO4S/c1-2-22-15(19)10-4-3-5-12(8-10)18-23(20,21)14-7-6-11(16)9-13(14)17/h3-9,18H,2H2,1H3. The van der Waals surface area contributed by atoms with Crippen LogP contribution in [0.15, 0.2) is 47.4 Å². The topological polar surface area (TPSA) is 72.5 Å². The summed E-state index contributed by atoms with van der Waals surface area (Å²) in [5.74, 6) is -2.70. The van der Waals surface area contributed by atoms with Gasteiger partial charge in [-0.2, -0.15) is 0 Å². The Labute approximate surface area is 132 Å². The first-order valence-electron chi connectivity index (χ1n) is 6.58. The number of anilines is 1. The average Bonchev–Trinajstić information content (AvgIpc) is 2.46. The Morgan fingerprint density at radius 1 is 1.17 bits per heavy atom. The molecule has 0 unspecified atom stereocenters. The number of sulfonamides is 1. The van der Waals surface area contributed by atoms with Crippen molar-refractivity contribution < 1.29 is 26.7 Å². The molecule has 1 N–H and O–H groups in total. The molecule has 0 bridgehead atoms. The minimum Gasteiger partial charge on any atom is -0.462 e. The monoisotopic (exact) mass is 341 g/mol. The largest absolute Gasteiger partial charge is 0.462 e. The predicted molar refractivity (Wildman–Crippen MR) is 79.6 cm³/mol. The lowest BCUT2D eigenvalue weighted by atomic mass is 10.2. The molecule has 23 heavy (non-hydrogen) atoms. The van der Waals surface area contributed by atoms with E-state index in [-0.39, 0.29) is 17.9 Å². The number of hydrogen-bond acceptors (Lipinski definition) is 4. The maximum atomic E-state index is 13.6. The summed E-state index contributed by atoms with van der Waals surface area (Å²) in [6.07, 6.45) is 0. The number of ether oxygens (including phenoxy) is 1. The van der Waals surface area contributed by atoms with Crippen LogP contribution in [0.4, 0.5) is 14.5 Å². The number of carbonyl (C=O) groups is 1. The van der Waals surface area contributed by atoms with Crippen LogP contribution in [0, 0.1) is 11.6 Å². The van der Waals surface area contributed by atoms with Gasteiger partial charge in [0, 0.05) is 11.8 Å². The number of esters is 1. The van der Waals surface area contributed by atoms with Crippen LogP contribution in [-0.4, -0.2) is 21.0 Å². The van der Waals surface area contributed by atoms with Gasteiger partial charge in [-0.05, 0) is 37.3 Å². The van der Waals surface area contributed by atoms with Crippen LogP contribution >= 0.6 is 0 Å². The van der Waals surface area contributed by atoms with Crippen molar-refractivity contribution in [2.24, 2.45) is 0 Å². The summed E-state index contributed by atoms with van der Waals surface area (Å²) in [4.78, 5) is 10.9. The SMILES string of the molecule is CCOC(=O)c1cccc(NS(=O)(=O)c2ccc(F)cc2F)c1. The maximum absolute atomic E-state index is 13.6. The van der Waals surface area contributed by atoms with Crippen molar-refractivity contribution in [3.63, 3.8) is 0 Å². The number of benzene rings is 2. The summed E-state index contributed by atoms with van der Waals surface area (Å²) in [6.45, 7) is 1.82. The Hall–Kier alpha value is -2.48. The van der Waals surface area contributed by atoms with Gasteiger partial charge in [0.2, 0.25) is 0 Å². The van der Waals surface area contributed by atoms with Gasteiger partial charge in [0.05, 0.1) is 12.2 Å². The van der Waals surface area contributed by atoms with Crippen LogP contribution in [-0.2, 0) is 14.8 Å². The molecule has 0 aliphatic heterocycles. The normalized spacial score (nSPS) is 11.1. The van der Waals surface area contributed by atoms with E-state index in [1.54, 1.807) is 6.92 Å². The van der Waals surface area contributed by atoms with Crippen LogP contribution in [0.25, 0.3) is 0 Å². The average molecular weight is 341 g/mol. The van der Waals surface area contributed by atoms with Crippen LogP contribution in [0.2, 0.25) is 0 Å². The molecule has 0 saturated heterocycles. The summed E-state index contributed by atoms with van der Waals surface area (Å²) in [6, 6.07) is 7.69. The third-order valence-electron chi connectivity index (χ3n) is 2.81. The summed E-state index contributed by atoms with van der Waals surface area (Å²) in [7, 11) is -4.26. The number of halogens is 2. The van der Waals surface area contributed by atoms with Crippen LogP contribution in [0.1, 0.15) is 17.3 Å². The molecule has 0 radical (unpaired) electrons. The van der Waals surface area contributed by atoms with Crippen LogP contribution in [0.5, 0.6) is 0 Å². The van der Waals surface area contributed by atoms with Gasteiger partial charge < -0.3 is 4.74 Å². The number of nitrogens with one attached hydrogen (secondary N) is 1. The van der Waals surface area contributed by atoms with Crippen molar-refractivity contribution in [2.75, 3.05) is 11.3 Å². The van der Waals surface area contributed by atoms with Gasteiger partial charge >= 0.3 is 5.97 Å². The number of rotatable bonds is 5. The summed E-state index contributed by atoms with van der Waals surface area (Å²) in [5, 5.41) is 0. The molecule has 5 nitrogen and oxygen atoms in total. The molecule has 2 aromatic carbocycles. The van der Waals surface area contributed by atoms with E-state index in [4.69, 9.17) is 4.74 Å². The van der Waals surface area contributed by atoms with Crippen LogP contribution < -0.4 is 4.72 Å². The fourth-order valence-electron chi connectivity index (χ4n) is 1.83. The highest BCUT2D eigenvalue weighted by molar-refractivity contribution is 7.92. The zero-order chi connectivity index (χ0) is 17.0. The third-order valence-corrected chi connectivity index (χ3v) is 4.22. The first kappa shape index (κ1) is 16.9. The van der Waals surface area contributed by atoms with E-state index >= 15 is 0 Å². The van der Waals surface area contributed by atoms with E-state index in [1.165, 1.54) is 24.3 Å². The van der Waals surface area contributed by atoms with Crippen LogP contribution in [0.3, 0.4) is 0 Å². The van der Waals surface area contributed by atoms with Gasteiger partial charge in [-0.25, -0.2) is 22.0 Å². The maximum Gasteiger partial charge on any atom is 0.338 e. The van der Waals surface area contributed by atoms with Crippen molar-refractivity contribution in [1.82, 2.24) is 0 Å². The van der Waals surface area contributed by atoms with Crippen molar-refractivity contribution in [3.8, 4) is 0 Å². The van der Waals surface area contributed by atoms with Crippen molar-refractivity contribution in [3.05, 3.63) is 59.7 Å². The quantitative estimate of drug-likeness (QED) is 0.849. The van der Waals surface area contributed by atoms with Crippen molar-refractivity contribution in [2.45, 2.75) is 11.8 Å². The minimum atomic E-state index is -4.26. The van der Waals surface area contributed by atoms with Crippen molar-refractivity contribution in [1.29, 1.82) is 0 Å². The lowest BCUT2D eigenvalue weighted by molar-refractivity contribution is 0.0526. The van der Waals surface area contributed by atoms with E-state index in [0.29, 0.717) is 6.07 Å². The van der Waals surface area contributed by atoms with Gasteiger partial charge in [-0.1, -0.05) is 6.07 Å². The Balaban J connectivity index is 2.30. The molecular formula is C15H13F2NO4S. The summed E-state index contributed by atoms with van der Waals surface area (Å²) in [5.41, 5.74) is 0.200. The fourth-order valence-corrected chi connectivity index (χ4v) is 2.94. The molecule has 0 aliphatic carbocycles. The molecular weight excluding hydrogens is 328 g/mol. The van der Waals surface area contributed by atoms with E-state index in [0.717, 1.165) is 12.1 Å². The highest BCUT2D eigenvalue weighted by Gasteiger charge is 2.20. The molecule has 0 aliphatic rings. The Morgan fingerprint density at radius 3 is 2.57 bits per heavy atom. The lowest BCUT2D eigenvalue weighted by Crippen LogP contribution is -2.15. The third kappa shape index (κ3) is 4.04.